The van der Waals surface area contributed by atoms with Crippen LogP contribution in [0.2, 0.25) is 0 Å². The van der Waals surface area contributed by atoms with Crippen LogP contribution in [0.4, 0.5) is 34.1 Å². The lowest BCUT2D eigenvalue weighted by atomic mass is 9.79. The first-order valence-electron chi connectivity index (χ1n) is 32.8. The summed E-state index contributed by atoms with van der Waals surface area (Å²) in [6.45, 7) is 2.65. The molecule has 6 aromatic carbocycles. The van der Waals surface area contributed by atoms with Gasteiger partial charge < -0.3 is 44.2 Å². The van der Waals surface area contributed by atoms with E-state index in [0.717, 1.165) is 147 Å². The molecular formula is C79H86N6O9. The molecule has 3 N–H and O–H groups in total. The predicted molar refractivity (Wildman–Crippen MR) is 373 cm³/mol. The third-order valence-corrected chi connectivity index (χ3v) is 19.0. The Morgan fingerprint density at radius 1 is 0.415 bits per heavy atom. The summed E-state index contributed by atoms with van der Waals surface area (Å²) in [5.74, 6) is 1.30. The first-order chi connectivity index (χ1) is 45.7. The molecule has 3 aromatic heterocycles. The maximum atomic E-state index is 11.5. The number of carboxylic acid groups (broad SMARTS) is 3. The van der Waals surface area contributed by atoms with Crippen LogP contribution in [0.15, 0.2) is 183 Å². The molecule has 0 fully saturated rings. The number of aromatic carboxylic acids is 3. The Morgan fingerprint density at radius 2 is 0.702 bits per heavy atom. The smallest absolute Gasteiger partial charge is 0.336 e. The summed E-state index contributed by atoms with van der Waals surface area (Å²) in [4.78, 5) is 53.5. The number of carbonyl (C=O) groups is 3. The van der Waals surface area contributed by atoms with E-state index in [4.69, 9.17) is 14.2 Å². The van der Waals surface area contributed by atoms with Crippen molar-refractivity contribution in [3.63, 3.8) is 0 Å². The van der Waals surface area contributed by atoms with Crippen molar-refractivity contribution in [1.82, 2.24) is 15.0 Å². The molecule has 12 rings (SSSR count). The second kappa shape index (κ2) is 32.0. The molecule has 3 aliphatic rings. The number of fused-ring (bicyclic) bond motifs is 3. The molecule has 486 valence electrons. The maximum absolute atomic E-state index is 11.5. The number of nitrogens with zero attached hydrogens (tertiary/aromatic N) is 6. The minimum absolute atomic E-state index is 0.363. The average molecular weight is 1260 g/mol. The van der Waals surface area contributed by atoms with Gasteiger partial charge >= 0.3 is 17.9 Å². The van der Waals surface area contributed by atoms with E-state index in [2.05, 4.69) is 142 Å². The Hall–Kier alpha value is -10.0. The quantitative estimate of drug-likeness (QED) is 0.0581. The van der Waals surface area contributed by atoms with E-state index in [-0.39, 0.29) is 0 Å². The van der Waals surface area contributed by atoms with E-state index in [1.807, 2.05) is 43.3 Å². The zero-order valence-corrected chi connectivity index (χ0v) is 54.8. The van der Waals surface area contributed by atoms with Crippen molar-refractivity contribution in [2.75, 3.05) is 56.7 Å². The fourth-order valence-electron chi connectivity index (χ4n) is 13.7. The lowest BCUT2D eigenvalue weighted by Crippen LogP contribution is -2.14. The van der Waals surface area contributed by atoms with E-state index in [0.29, 0.717) is 41.1 Å². The van der Waals surface area contributed by atoms with Crippen LogP contribution in [0.25, 0.3) is 0 Å². The number of benzene rings is 6. The summed E-state index contributed by atoms with van der Waals surface area (Å²) >= 11 is 0. The Labute approximate surface area is 552 Å². The second-order valence-corrected chi connectivity index (χ2v) is 24.5. The standard InChI is InChI=1S/C27H30N2O3.2C26H28N2O3/c1-3-32-24-12-9-22(10-13-24)29(2)23-11-14-25-19(5-4-6-20(25)17-23)7-8-21-18-28-16-15-26(21)27(30)31;2*1-28(21-8-11-23(31-2)12-9-21)22-10-13-24-18(4-3-5-19(24)16-22)6-7-20-17-27-15-14-25(20)26(29)30/h9-19H,3-8H2,1-2H3,(H,30,31);2*8-18H,3-7H2,1-2H3,(H,29,30)/t19-;2*18-/m000/s1. The Kier molecular flexibility index (Phi) is 22.8. The minimum Gasteiger partial charge on any atom is -0.497 e. The fraction of sp³-hybridized carbons (Fsp3) is 0.316. The Morgan fingerprint density at radius 3 is 0.979 bits per heavy atom. The van der Waals surface area contributed by atoms with Crippen molar-refractivity contribution in [1.29, 1.82) is 0 Å². The van der Waals surface area contributed by atoms with Crippen LogP contribution in [-0.4, -0.2) is 90.1 Å². The van der Waals surface area contributed by atoms with E-state index in [1.54, 1.807) is 69.6 Å². The molecule has 0 bridgehead atoms. The molecular weight excluding hydrogens is 1180 g/mol. The molecule has 0 saturated carbocycles. The van der Waals surface area contributed by atoms with Gasteiger partial charge in [-0.1, -0.05) is 18.2 Å². The molecule has 94 heavy (non-hydrogen) atoms. The van der Waals surface area contributed by atoms with Gasteiger partial charge in [0.2, 0.25) is 0 Å². The van der Waals surface area contributed by atoms with Crippen molar-refractivity contribution >= 4 is 52.0 Å². The topological polar surface area (TPSA) is 188 Å². The van der Waals surface area contributed by atoms with Gasteiger partial charge in [-0.2, -0.15) is 0 Å². The first-order valence-corrected chi connectivity index (χ1v) is 32.8. The van der Waals surface area contributed by atoms with Crippen molar-refractivity contribution in [3.05, 3.63) is 250 Å². The van der Waals surface area contributed by atoms with Crippen LogP contribution in [-0.2, 0) is 38.5 Å². The highest BCUT2D eigenvalue weighted by atomic mass is 16.5. The average Bonchev–Trinajstić information content (AvgIpc) is 0.861. The van der Waals surface area contributed by atoms with Gasteiger partial charge in [-0.15, -0.1) is 0 Å². The van der Waals surface area contributed by atoms with Gasteiger partial charge in [-0.25, -0.2) is 14.4 Å². The summed E-state index contributed by atoms with van der Waals surface area (Å²) in [6, 6.07) is 49.4. The predicted octanol–water partition coefficient (Wildman–Crippen LogP) is 17.2. The maximum Gasteiger partial charge on any atom is 0.336 e. The van der Waals surface area contributed by atoms with Crippen molar-refractivity contribution in [2.45, 2.75) is 121 Å². The van der Waals surface area contributed by atoms with Crippen LogP contribution in [0, 0.1) is 0 Å². The number of aryl methyl sites for hydroxylation is 6. The van der Waals surface area contributed by atoms with E-state index in [9.17, 15) is 29.7 Å². The SMILES string of the molecule is CCOc1ccc(N(C)c2ccc3c(c2)CCC[C@H]3CCc2cnccc2C(=O)O)cc1.COc1ccc(N(C)c2ccc3c(c2)CCC[C@H]3CCc2cnccc2C(=O)O)cc1.COc1ccc(N(C)c2ccc3c(c2)CCC[C@H]3CCc2cnccc2C(=O)O)cc1. The molecule has 0 unspecified atom stereocenters. The largest absolute Gasteiger partial charge is 0.497 e. The fourth-order valence-corrected chi connectivity index (χ4v) is 13.7. The third kappa shape index (κ3) is 16.6. The molecule has 0 radical (unpaired) electrons. The minimum atomic E-state index is -0.882. The van der Waals surface area contributed by atoms with Crippen molar-refractivity contribution < 1.29 is 43.9 Å². The van der Waals surface area contributed by atoms with Crippen molar-refractivity contribution in [2.24, 2.45) is 0 Å². The molecule has 15 heteroatoms. The number of rotatable bonds is 22. The van der Waals surface area contributed by atoms with Gasteiger partial charge in [-0.05, 0) is 298 Å². The number of aromatic nitrogens is 3. The second-order valence-electron chi connectivity index (χ2n) is 24.5. The highest BCUT2D eigenvalue weighted by Crippen LogP contribution is 2.42. The van der Waals surface area contributed by atoms with Gasteiger partial charge in [0, 0.05) is 92.4 Å². The number of pyridine rings is 3. The van der Waals surface area contributed by atoms with Gasteiger partial charge in [0.05, 0.1) is 37.5 Å². The summed E-state index contributed by atoms with van der Waals surface area (Å²) < 4.78 is 16.1. The van der Waals surface area contributed by atoms with E-state index in [1.165, 1.54) is 50.4 Å². The van der Waals surface area contributed by atoms with Crippen molar-refractivity contribution in [3.8, 4) is 17.2 Å². The zero-order valence-electron chi connectivity index (χ0n) is 54.8. The molecule has 15 nitrogen and oxygen atoms in total. The number of ether oxygens (including phenoxy) is 3. The summed E-state index contributed by atoms with van der Waals surface area (Å²) in [5.41, 5.74) is 18.8. The molecule has 0 spiro atoms. The molecule has 0 amide bonds. The van der Waals surface area contributed by atoms with Gasteiger partial charge in [-0.3, -0.25) is 15.0 Å². The number of anilines is 6. The highest BCUT2D eigenvalue weighted by Gasteiger charge is 2.26. The first kappa shape index (κ1) is 66.9. The van der Waals surface area contributed by atoms with Gasteiger partial charge in [0.25, 0.3) is 0 Å². The number of hydrogen-bond acceptors (Lipinski definition) is 12. The lowest BCUT2D eigenvalue weighted by molar-refractivity contribution is 0.0684. The van der Waals surface area contributed by atoms with Crippen LogP contribution in [0.1, 0.15) is 164 Å². The Bertz CT molecular complexity index is 3850. The van der Waals surface area contributed by atoms with Crippen LogP contribution < -0.4 is 28.9 Å². The normalized spacial score (nSPS) is 15.2. The van der Waals surface area contributed by atoms with Crippen LogP contribution in [0.3, 0.4) is 0 Å². The van der Waals surface area contributed by atoms with Gasteiger partial charge in [0.15, 0.2) is 0 Å². The summed E-state index contributed by atoms with van der Waals surface area (Å²) in [7, 11) is 9.61. The Balaban J connectivity index is 0.000000154. The molecule has 0 aliphatic heterocycles. The summed E-state index contributed by atoms with van der Waals surface area (Å²) in [6.07, 6.45) is 24.9. The number of hydrogen-bond donors (Lipinski definition) is 3. The zero-order chi connectivity index (χ0) is 66.1. The molecule has 0 saturated heterocycles. The van der Waals surface area contributed by atoms with E-state index < -0.39 is 17.9 Å². The third-order valence-electron chi connectivity index (χ3n) is 19.0. The van der Waals surface area contributed by atoms with Crippen LogP contribution >= 0.6 is 0 Å². The summed E-state index contributed by atoms with van der Waals surface area (Å²) in [5, 5.41) is 28.3. The number of methoxy groups -OCH3 is 2. The lowest BCUT2D eigenvalue weighted by Gasteiger charge is -2.28. The molecule has 3 aliphatic carbocycles. The van der Waals surface area contributed by atoms with Crippen LogP contribution in [0.5, 0.6) is 17.2 Å². The monoisotopic (exact) mass is 1260 g/mol. The highest BCUT2D eigenvalue weighted by molar-refractivity contribution is 5.90. The van der Waals surface area contributed by atoms with E-state index >= 15 is 0 Å². The number of carboxylic acids is 3. The molecule has 3 atom stereocenters. The molecule has 3 heterocycles. The molecule has 9 aromatic rings. The van der Waals surface area contributed by atoms with Gasteiger partial charge in [0.1, 0.15) is 17.2 Å².